The molecule has 5 rings (SSSR count). The van der Waals surface area contributed by atoms with Crippen LogP contribution in [0.4, 0.5) is 29.2 Å². The summed E-state index contributed by atoms with van der Waals surface area (Å²) in [5.74, 6) is -0.867. The Balaban J connectivity index is 1.25. The van der Waals surface area contributed by atoms with Crippen LogP contribution >= 0.6 is 0 Å². The van der Waals surface area contributed by atoms with Gasteiger partial charge in [0.25, 0.3) is 5.91 Å². The number of nitrogens with zero attached hydrogens (tertiary/aromatic N) is 5. The number of amides is 2. The summed E-state index contributed by atoms with van der Waals surface area (Å²) in [4.78, 5) is 41.9. The third-order valence-electron chi connectivity index (χ3n) is 7.04. The molecule has 0 radical (unpaired) electrons. The number of nitrogens with one attached hydrogen (secondary N) is 2. The van der Waals surface area contributed by atoms with E-state index in [4.69, 9.17) is 4.74 Å². The second kappa shape index (κ2) is 14.3. The summed E-state index contributed by atoms with van der Waals surface area (Å²) in [5, 5.41) is 5.79. The molecule has 0 spiro atoms. The first-order chi connectivity index (χ1) is 22.0. The molecule has 1 aromatic heterocycles. The number of piperazine rings is 1. The molecule has 14 heteroatoms. The van der Waals surface area contributed by atoms with Gasteiger partial charge >= 0.3 is 12.2 Å². The van der Waals surface area contributed by atoms with Crippen LogP contribution in [0, 0.1) is 12.7 Å². The molecule has 1 fully saturated rings. The van der Waals surface area contributed by atoms with Crippen molar-refractivity contribution in [3.63, 3.8) is 0 Å². The number of carbonyl (C=O) groups excluding carboxylic acids is 2. The normalized spacial score (nSPS) is 13.7. The number of benzene rings is 3. The highest BCUT2D eigenvalue weighted by Crippen LogP contribution is 2.23. The van der Waals surface area contributed by atoms with Gasteiger partial charge in [-0.1, -0.05) is 36.4 Å². The van der Waals surface area contributed by atoms with E-state index in [-0.39, 0.29) is 36.7 Å². The molecule has 0 aliphatic carbocycles. The number of hydrogen-bond donors (Lipinski definition) is 2. The Kier molecular flexibility index (Phi) is 10.1. The minimum absolute atomic E-state index is 0.00660. The van der Waals surface area contributed by atoms with Crippen molar-refractivity contribution in [1.82, 2.24) is 24.8 Å². The zero-order valence-electron chi connectivity index (χ0n) is 24.9. The van der Waals surface area contributed by atoms with E-state index in [2.05, 4.69) is 25.6 Å². The lowest BCUT2D eigenvalue weighted by molar-refractivity contribution is -0.154. The Morgan fingerprint density at radius 1 is 0.913 bits per heavy atom. The van der Waals surface area contributed by atoms with Gasteiger partial charge in [-0.15, -0.1) is 0 Å². The summed E-state index contributed by atoms with van der Waals surface area (Å²) in [7, 11) is 0. The molecule has 0 bridgehead atoms. The average Bonchev–Trinajstić information content (AvgIpc) is 3.03. The van der Waals surface area contributed by atoms with Gasteiger partial charge in [-0.05, 0) is 54.4 Å². The van der Waals surface area contributed by atoms with Crippen molar-refractivity contribution >= 4 is 23.5 Å². The van der Waals surface area contributed by atoms with E-state index in [1.807, 2.05) is 36.1 Å². The van der Waals surface area contributed by atoms with Gasteiger partial charge in [0.1, 0.15) is 5.82 Å². The second-order valence-corrected chi connectivity index (χ2v) is 10.7. The van der Waals surface area contributed by atoms with Crippen LogP contribution in [0.5, 0.6) is 6.01 Å². The average molecular weight is 638 g/mol. The zero-order chi connectivity index (χ0) is 32.7. The third kappa shape index (κ3) is 9.20. The highest BCUT2D eigenvalue weighted by atomic mass is 19.4. The Morgan fingerprint density at radius 3 is 2.37 bits per heavy atom. The molecule has 10 nitrogen and oxygen atoms in total. The fourth-order valence-electron chi connectivity index (χ4n) is 4.77. The van der Waals surface area contributed by atoms with Gasteiger partial charge in [0, 0.05) is 49.5 Å². The molecule has 0 saturated carbocycles. The lowest BCUT2D eigenvalue weighted by atomic mass is 10.1. The topological polar surface area (TPSA) is 113 Å². The van der Waals surface area contributed by atoms with Crippen molar-refractivity contribution in [2.75, 3.05) is 50.0 Å². The molecule has 2 heterocycles. The number of aromatic nitrogens is 3. The minimum Gasteiger partial charge on any atom is -0.454 e. The first kappa shape index (κ1) is 32.3. The maximum Gasteiger partial charge on any atom is 0.422 e. The van der Waals surface area contributed by atoms with Gasteiger partial charge in [0.15, 0.2) is 12.4 Å². The van der Waals surface area contributed by atoms with E-state index in [0.717, 1.165) is 11.3 Å². The highest BCUT2D eigenvalue weighted by Gasteiger charge is 2.29. The third-order valence-corrected chi connectivity index (χ3v) is 7.04. The number of alkyl halides is 3. The number of aryl methyl sites for hydroxylation is 1. The summed E-state index contributed by atoms with van der Waals surface area (Å²) in [6.45, 7) is 2.50. The smallest absolute Gasteiger partial charge is 0.422 e. The molecule has 3 aromatic carbocycles. The molecular formula is C32H31F4N7O3. The summed E-state index contributed by atoms with van der Waals surface area (Å²) in [6, 6.07) is 19.0. The van der Waals surface area contributed by atoms with E-state index in [0.29, 0.717) is 42.9 Å². The van der Waals surface area contributed by atoms with Crippen molar-refractivity contribution in [3.05, 3.63) is 95.3 Å². The fraction of sp³-hybridized carbons (Fsp3) is 0.281. The van der Waals surface area contributed by atoms with Crippen LogP contribution in [0.1, 0.15) is 21.5 Å². The van der Waals surface area contributed by atoms with Gasteiger partial charge in [-0.3, -0.25) is 14.5 Å². The predicted octanol–water partition coefficient (Wildman–Crippen LogP) is 4.94. The van der Waals surface area contributed by atoms with Crippen molar-refractivity contribution < 1.29 is 31.9 Å². The van der Waals surface area contributed by atoms with Crippen LogP contribution in [0.25, 0.3) is 11.4 Å². The minimum atomic E-state index is -4.62. The standard InChI is InChI=1S/C32H31F4N7O3/c1-21-4-2-7-26(16-21)38-27(44)19-42-12-14-43(15-13-42)29(45)24-6-3-5-23(17-24)28-39-30(37-18-22-8-10-25(33)11-9-22)41-31(40-28)46-20-32(34,35)36/h2-11,16-17H,12-15,18-20H2,1H3,(H,38,44)(H,37,39,40,41). The monoisotopic (exact) mass is 637 g/mol. The number of anilines is 2. The van der Waals surface area contributed by atoms with Crippen molar-refractivity contribution in [3.8, 4) is 17.4 Å². The number of carbonyl (C=O) groups is 2. The molecule has 46 heavy (non-hydrogen) atoms. The number of hydrogen-bond acceptors (Lipinski definition) is 8. The molecule has 1 aliphatic heterocycles. The summed E-state index contributed by atoms with van der Waals surface area (Å²) in [5.41, 5.74) is 3.15. The number of ether oxygens (including phenoxy) is 1. The summed E-state index contributed by atoms with van der Waals surface area (Å²) >= 11 is 0. The summed E-state index contributed by atoms with van der Waals surface area (Å²) in [6.07, 6.45) is -4.62. The van der Waals surface area contributed by atoms with Crippen molar-refractivity contribution in [1.29, 1.82) is 0 Å². The molecule has 0 atom stereocenters. The van der Waals surface area contributed by atoms with E-state index in [9.17, 15) is 27.2 Å². The van der Waals surface area contributed by atoms with Crippen LogP contribution in [0.2, 0.25) is 0 Å². The number of halogens is 4. The Hall–Kier alpha value is -5.11. The van der Waals surface area contributed by atoms with Gasteiger partial charge in [-0.25, -0.2) is 4.39 Å². The Bertz CT molecular complexity index is 1680. The van der Waals surface area contributed by atoms with E-state index < -0.39 is 24.6 Å². The van der Waals surface area contributed by atoms with Gasteiger partial charge in [0.05, 0.1) is 6.54 Å². The molecule has 4 aromatic rings. The first-order valence-corrected chi connectivity index (χ1v) is 14.4. The quantitative estimate of drug-likeness (QED) is 0.236. The predicted molar refractivity (Wildman–Crippen MR) is 163 cm³/mol. The largest absolute Gasteiger partial charge is 0.454 e. The van der Waals surface area contributed by atoms with Crippen LogP contribution in [0.15, 0.2) is 72.8 Å². The molecule has 0 unspecified atom stereocenters. The lowest BCUT2D eigenvalue weighted by Crippen LogP contribution is -2.50. The Morgan fingerprint density at radius 2 is 1.65 bits per heavy atom. The Labute approximate surface area is 262 Å². The van der Waals surface area contributed by atoms with Crippen LogP contribution in [0.3, 0.4) is 0 Å². The molecule has 2 amide bonds. The van der Waals surface area contributed by atoms with E-state index in [1.165, 1.54) is 12.1 Å². The van der Waals surface area contributed by atoms with Gasteiger partial charge < -0.3 is 20.3 Å². The summed E-state index contributed by atoms with van der Waals surface area (Å²) < 4.78 is 56.7. The lowest BCUT2D eigenvalue weighted by Gasteiger charge is -2.34. The zero-order valence-corrected chi connectivity index (χ0v) is 24.9. The molecule has 1 saturated heterocycles. The fourth-order valence-corrected chi connectivity index (χ4v) is 4.77. The van der Waals surface area contributed by atoms with Crippen LogP contribution < -0.4 is 15.4 Å². The van der Waals surface area contributed by atoms with E-state index in [1.54, 1.807) is 41.3 Å². The second-order valence-electron chi connectivity index (χ2n) is 10.7. The molecule has 2 N–H and O–H groups in total. The first-order valence-electron chi connectivity index (χ1n) is 14.4. The van der Waals surface area contributed by atoms with Gasteiger partial charge in [0.2, 0.25) is 11.9 Å². The SMILES string of the molecule is Cc1cccc(NC(=O)CN2CCN(C(=O)c3cccc(-c4nc(NCc5ccc(F)cc5)nc(OCC(F)(F)F)n4)c3)CC2)c1. The van der Waals surface area contributed by atoms with E-state index >= 15 is 0 Å². The highest BCUT2D eigenvalue weighted by molar-refractivity contribution is 5.95. The van der Waals surface area contributed by atoms with Crippen LogP contribution in [-0.2, 0) is 11.3 Å². The number of rotatable bonds is 10. The maximum absolute atomic E-state index is 13.4. The van der Waals surface area contributed by atoms with Crippen molar-refractivity contribution in [2.24, 2.45) is 0 Å². The molecule has 240 valence electrons. The van der Waals surface area contributed by atoms with Crippen LogP contribution in [-0.4, -0.2) is 82.1 Å². The van der Waals surface area contributed by atoms with Gasteiger partial charge in [-0.2, -0.15) is 28.1 Å². The molecular weight excluding hydrogens is 606 g/mol. The van der Waals surface area contributed by atoms with Crippen molar-refractivity contribution in [2.45, 2.75) is 19.6 Å². The molecule has 1 aliphatic rings. The maximum atomic E-state index is 13.4.